The average molecular weight is 152 g/mol. The van der Waals surface area contributed by atoms with Crippen molar-refractivity contribution in [1.82, 2.24) is 0 Å². The van der Waals surface area contributed by atoms with Gasteiger partial charge in [-0.05, 0) is 20.1 Å². The SMILES string of the molecule is CSSC(C)C(C)O. The Kier molecular flexibility index (Phi) is 4.90. The van der Waals surface area contributed by atoms with Gasteiger partial charge in [0.2, 0.25) is 0 Å². The van der Waals surface area contributed by atoms with Gasteiger partial charge in [0.05, 0.1) is 6.10 Å². The third kappa shape index (κ3) is 3.64. The van der Waals surface area contributed by atoms with Crippen LogP contribution in [0.1, 0.15) is 13.8 Å². The van der Waals surface area contributed by atoms with Crippen LogP contribution in [0.2, 0.25) is 0 Å². The van der Waals surface area contributed by atoms with Crippen molar-refractivity contribution in [3.05, 3.63) is 0 Å². The highest BCUT2D eigenvalue weighted by atomic mass is 33.1. The smallest absolute Gasteiger partial charge is 0.0636 e. The molecule has 1 N–H and O–H groups in total. The molecule has 3 heteroatoms. The third-order valence-corrected chi connectivity index (χ3v) is 3.31. The number of aliphatic hydroxyl groups excluding tert-OH is 1. The molecule has 0 aliphatic rings. The Hall–Kier alpha value is 0.660. The Bertz CT molecular complexity index is 56.4. The lowest BCUT2D eigenvalue weighted by molar-refractivity contribution is 0.197. The summed E-state index contributed by atoms with van der Waals surface area (Å²) in [5.41, 5.74) is 0. The lowest BCUT2D eigenvalue weighted by atomic mass is 10.3. The van der Waals surface area contributed by atoms with Crippen LogP contribution in [-0.2, 0) is 0 Å². The normalized spacial score (nSPS) is 18.0. The van der Waals surface area contributed by atoms with Crippen LogP contribution in [0.15, 0.2) is 0 Å². The summed E-state index contributed by atoms with van der Waals surface area (Å²) in [6.07, 6.45) is 1.83. The van der Waals surface area contributed by atoms with Gasteiger partial charge in [-0.25, -0.2) is 0 Å². The number of aliphatic hydroxyl groups is 1. The highest BCUT2D eigenvalue weighted by Gasteiger charge is 2.06. The summed E-state index contributed by atoms with van der Waals surface area (Å²) in [7, 11) is 3.40. The number of rotatable bonds is 3. The highest BCUT2D eigenvalue weighted by molar-refractivity contribution is 8.76. The summed E-state index contributed by atoms with van der Waals surface area (Å²) < 4.78 is 0. The van der Waals surface area contributed by atoms with E-state index in [9.17, 15) is 0 Å². The van der Waals surface area contributed by atoms with E-state index in [2.05, 4.69) is 0 Å². The molecule has 50 valence electrons. The molecule has 0 amide bonds. The van der Waals surface area contributed by atoms with Gasteiger partial charge in [0.25, 0.3) is 0 Å². The molecule has 0 aromatic rings. The fraction of sp³-hybridized carbons (Fsp3) is 1.00. The molecule has 8 heavy (non-hydrogen) atoms. The molecule has 0 heterocycles. The van der Waals surface area contributed by atoms with Gasteiger partial charge in [0.1, 0.15) is 0 Å². The molecule has 0 aromatic heterocycles. The van der Waals surface area contributed by atoms with Crippen molar-refractivity contribution in [3.63, 3.8) is 0 Å². The van der Waals surface area contributed by atoms with Crippen LogP contribution in [-0.4, -0.2) is 22.7 Å². The predicted molar refractivity (Wildman–Crippen MR) is 42.2 cm³/mol. The van der Waals surface area contributed by atoms with E-state index in [1.165, 1.54) is 0 Å². The zero-order chi connectivity index (χ0) is 6.57. The molecule has 0 saturated heterocycles. The third-order valence-electron chi connectivity index (χ3n) is 0.927. The molecule has 1 nitrogen and oxygen atoms in total. The van der Waals surface area contributed by atoms with Gasteiger partial charge in [-0.15, -0.1) is 0 Å². The van der Waals surface area contributed by atoms with E-state index in [0.717, 1.165) is 0 Å². The first-order chi connectivity index (χ1) is 3.68. The highest BCUT2D eigenvalue weighted by Crippen LogP contribution is 2.24. The largest absolute Gasteiger partial charge is 0.392 e. The van der Waals surface area contributed by atoms with Gasteiger partial charge in [-0.2, -0.15) is 0 Å². The van der Waals surface area contributed by atoms with Crippen molar-refractivity contribution in [3.8, 4) is 0 Å². The fourth-order valence-electron chi connectivity index (χ4n) is 0.232. The van der Waals surface area contributed by atoms with E-state index in [0.29, 0.717) is 5.25 Å². The lowest BCUT2D eigenvalue weighted by Gasteiger charge is -2.10. The second-order valence-corrected chi connectivity index (χ2v) is 4.56. The van der Waals surface area contributed by atoms with Gasteiger partial charge in [-0.1, -0.05) is 21.6 Å². The van der Waals surface area contributed by atoms with Crippen LogP contribution in [0.3, 0.4) is 0 Å². The van der Waals surface area contributed by atoms with E-state index in [-0.39, 0.29) is 6.10 Å². The first-order valence-electron chi connectivity index (χ1n) is 2.56. The predicted octanol–water partition coefficient (Wildman–Crippen LogP) is 1.77. The van der Waals surface area contributed by atoms with Gasteiger partial charge in [0, 0.05) is 5.25 Å². The van der Waals surface area contributed by atoms with Crippen molar-refractivity contribution >= 4 is 21.6 Å². The first kappa shape index (κ1) is 8.66. The van der Waals surface area contributed by atoms with Crippen molar-refractivity contribution in [2.75, 3.05) is 6.26 Å². The zero-order valence-electron chi connectivity index (χ0n) is 5.42. The summed E-state index contributed by atoms with van der Waals surface area (Å²) in [4.78, 5) is 0. The molecule has 0 bridgehead atoms. The van der Waals surface area contributed by atoms with E-state index in [4.69, 9.17) is 5.11 Å². The number of hydrogen-bond donors (Lipinski definition) is 1. The first-order valence-corrected chi connectivity index (χ1v) is 5.18. The van der Waals surface area contributed by atoms with Crippen molar-refractivity contribution in [2.24, 2.45) is 0 Å². The molecule has 2 unspecified atom stereocenters. The Labute approximate surface area is 58.6 Å². The number of hydrogen-bond acceptors (Lipinski definition) is 3. The Morgan fingerprint density at radius 1 is 1.38 bits per heavy atom. The van der Waals surface area contributed by atoms with Crippen molar-refractivity contribution in [2.45, 2.75) is 25.2 Å². The van der Waals surface area contributed by atoms with Crippen LogP contribution in [0.5, 0.6) is 0 Å². The Morgan fingerprint density at radius 3 is 2.00 bits per heavy atom. The molecule has 0 aliphatic carbocycles. The van der Waals surface area contributed by atoms with Gasteiger partial charge >= 0.3 is 0 Å². The summed E-state index contributed by atoms with van der Waals surface area (Å²) in [5.74, 6) is 0. The summed E-state index contributed by atoms with van der Waals surface area (Å²) in [6.45, 7) is 3.83. The topological polar surface area (TPSA) is 20.2 Å². The molecular weight excluding hydrogens is 140 g/mol. The molecule has 0 aromatic carbocycles. The fourth-order valence-corrected chi connectivity index (χ4v) is 2.09. The zero-order valence-corrected chi connectivity index (χ0v) is 7.05. The van der Waals surface area contributed by atoms with Gasteiger partial charge in [0.15, 0.2) is 0 Å². The summed E-state index contributed by atoms with van der Waals surface area (Å²) in [5, 5.41) is 9.27. The summed E-state index contributed by atoms with van der Waals surface area (Å²) in [6, 6.07) is 0. The monoisotopic (exact) mass is 152 g/mol. The van der Waals surface area contributed by atoms with E-state index < -0.39 is 0 Å². The molecule has 0 rings (SSSR count). The molecule has 0 fully saturated rings. The Balaban J connectivity index is 3.17. The van der Waals surface area contributed by atoms with Crippen LogP contribution in [0.4, 0.5) is 0 Å². The van der Waals surface area contributed by atoms with E-state index in [1.54, 1.807) is 21.6 Å². The minimum Gasteiger partial charge on any atom is -0.392 e. The van der Waals surface area contributed by atoms with Crippen molar-refractivity contribution in [1.29, 1.82) is 0 Å². The minimum absolute atomic E-state index is 0.188. The Morgan fingerprint density at radius 2 is 1.88 bits per heavy atom. The molecule has 2 atom stereocenters. The quantitative estimate of drug-likeness (QED) is 0.622. The molecule has 0 saturated carbocycles. The van der Waals surface area contributed by atoms with E-state index in [1.807, 2.05) is 20.1 Å². The van der Waals surface area contributed by atoms with Crippen molar-refractivity contribution < 1.29 is 5.11 Å². The second-order valence-electron chi connectivity index (χ2n) is 1.71. The van der Waals surface area contributed by atoms with Gasteiger partial charge in [-0.3, -0.25) is 0 Å². The van der Waals surface area contributed by atoms with Crippen LogP contribution in [0.25, 0.3) is 0 Å². The average Bonchev–Trinajstić information content (AvgIpc) is 1.67. The molecule has 0 spiro atoms. The lowest BCUT2D eigenvalue weighted by Crippen LogP contribution is -2.13. The maximum atomic E-state index is 8.92. The standard InChI is InChI=1S/C5H12OS2/c1-4(6)5(2)8-7-3/h4-6H,1-3H3. The summed E-state index contributed by atoms with van der Waals surface area (Å²) >= 11 is 0. The maximum absolute atomic E-state index is 8.92. The van der Waals surface area contributed by atoms with Gasteiger partial charge < -0.3 is 5.11 Å². The molecule has 0 aliphatic heterocycles. The maximum Gasteiger partial charge on any atom is 0.0636 e. The van der Waals surface area contributed by atoms with Crippen LogP contribution < -0.4 is 0 Å². The van der Waals surface area contributed by atoms with Crippen LogP contribution >= 0.6 is 21.6 Å². The van der Waals surface area contributed by atoms with Crippen LogP contribution in [0, 0.1) is 0 Å². The minimum atomic E-state index is -0.188. The van der Waals surface area contributed by atoms with E-state index >= 15 is 0 Å². The molecular formula is C5H12OS2. The molecule has 0 radical (unpaired) electrons. The second kappa shape index (κ2) is 4.53.